The number of carbonyl (C=O) groups excluding carboxylic acids is 1. The maximum absolute atomic E-state index is 13.6. The number of benzene rings is 2. The number of allylic oxidation sites excluding steroid dienone is 1. The first-order chi connectivity index (χ1) is 14.8. The molecule has 0 saturated heterocycles. The van der Waals surface area contributed by atoms with Gasteiger partial charge in [0.2, 0.25) is 0 Å². The summed E-state index contributed by atoms with van der Waals surface area (Å²) in [5.41, 5.74) is 1.75. The van der Waals surface area contributed by atoms with Crippen molar-refractivity contribution in [2.75, 3.05) is 5.32 Å². The number of carbonyl (C=O) groups is 2. The van der Waals surface area contributed by atoms with Gasteiger partial charge in [-0.3, -0.25) is 4.79 Å². The minimum atomic E-state index is -1.18. The van der Waals surface area contributed by atoms with Crippen molar-refractivity contribution in [2.24, 2.45) is 0 Å². The molecule has 0 aliphatic rings. The SMILES string of the molecule is CCC=C(Oc1cc(F)ccc1C)C(=O)Nc1scc(-c2ccc(Cl)cc2)c1C(=O)O. The predicted octanol–water partition coefficient (Wildman–Crippen LogP) is 6.53. The van der Waals surface area contributed by atoms with Gasteiger partial charge in [-0.2, -0.15) is 0 Å². The van der Waals surface area contributed by atoms with Crippen LogP contribution < -0.4 is 10.1 Å². The lowest BCUT2D eigenvalue weighted by atomic mass is 10.0. The number of ether oxygens (including phenoxy) is 1. The Balaban J connectivity index is 1.90. The van der Waals surface area contributed by atoms with Crippen LogP contribution in [0.2, 0.25) is 5.02 Å². The van der Waals surface area contributed by atoms with E-state index in [0.29, 0.717) is 28.1 Å². The average Bonchev–Trinajstić information content (AvgIpc) is 3.14. The van der Waals surface area contributed by atoms with Crippen LogP contribution >= 0.6 is 22.9 Å². The number of hydrogen-bond acceptors (Lipinski definition) is 4. The summed E-state index contributed by atoms with van der Waals surface area (Å²) in [6.45, 7) is 3.55. The van der Waals surface area contributed by atoms with Crippen LogP contribution in [0.4, 0.5) is 9.39 Å². The summed E-state index contributed by atoms with van der Waals surface area (Å²) >= 11 is 7.00. The fourth-order valence-electron chi connectivity index (χ4n) is 2.84. The van der Waals surface area contributed by atoms with E-state index in [9.17, 15) is 19.1 Å². The van der Waals surface area contributed by atoms with Gasteiger partial charge in [-0.1, -0.05) is 36.7 Å². The number of anilines is 1. The Bertz CT molecular complexity index is 1150. The van der Waals surface area contributed by atoms with Crippen LogP contribution in [0.15, 0.2) is 59.7 Å². The number of hydrogen-bond donors (Lipinski definition) is 2. The Morgan fingerprint density at radius 2 is 1.94 bits per heavy atom. The summed E-state index contributed by atoms with van der Waals surface area (Å²) in [6, 6.07) is 10.8. The molecule has 2 N–H and O–H groups in total. The van der Waals surface area contributed by atoms with Gasteiger partial charge in [0.15, 0.2) is 5.76 Å². The highest BCUT2D eigenvalue weighted by atomic mass is 35.5. The smallest absolute Gasteiger partial charge is 0.339 e. The van der Waals surface area contributed by atoms with Gasteiger partial charge < -0.3 is 15.2 Å². The van der Waals surface area contributed by atoms with E-state index >= 15 is 0 Å². The van der Waals surface area contributed by atoms with Crippen LogP contribution in [-0.2, 0) is 4.79 Å². The van der Waals surface area contributed by atoms with Gasteiger partial charge in [-0.15, -0.1) is 11.3 Å². The van der Waals surface area contributed by atoms with Crippen LogP contribution in [0.25, 0.3) is 11.1 Å². The quantitative estimate of drug-likeness (QED) is 0.311. The number of rotatable bonds is 7. The van der Waals surface area contributed by atoms with Gasteiger partial charge in [-0.25, -0.2) is 9.18 Å². The van der Waals surface area contributed by atoms with Crippen molar-refractivity contribution in [1.82, 2.24) is 0 Å². The molecule has 0 atom stereocenters. The fraction of sp³-hybridized carbons (Fsp3) is 0.130. The molecule has 0 aliphatic heterocycles. The van der Waals surface area contributed by atoms with Crippen molar-refractivity contribution < 1.29 is 23.8 Å². The van der Waals surface area contributed by atoms with E-state index in [-0.39, 0.29) is 22.1 Å². The first-order valence-electron chi connectivity index (χ1n) is 9.36. The second-order valence-corrected chi connectivity index (χ2v) is 7.92. The van der Waals surface area contributed by atoms with Crippen molar-refractivity contribution in [1.29, 1.82) is 0 Å². The zero-order valence-electron chi connectivity index (χ0n) is 16.7. The second-order valence-electron chi connectivity index (χ2n) is 6.61. The van der Waals surface area contributed by atoms with Crippen molar-refractivity contribution in [3.05, 3.63) is 81.6 Å². The molecule has 3 aromatic rings. The molecule has 0 saturated carbocycles. The first-order valence-corrected chi connectivity index (χ1v) is 10.6. The number of carboxylic acids is 1. The van der Waals surface area contributed by atoms with Crippen molar-refractivity contribution >= 4 is 39.8 Å². The van der Waals surface area contributed by atoms with Crippen molar-refractivity contribution in [2.45, 2.75) is 20.3 Å². The van der Waals surface area contributed by atoms with E-state index in [2.05, 4.69) is 5.32 Å². The first kappa shape index (κ1) is 22.5. The van der Waals surface area contributed by atoms with E-state index in [1.54, 1.807) is 48.7 Å². The summed E-state index contributed by atoms with van der Waals surface area (Å²) in [5.74, 6) is -2.13. The summed E-state index contributed by atoms with van der Waals surface area (Å²) in [4.78, 5) is 24.8. The summed E-state index contributed by atoms with van der Waals surface area (Å²) < 4.78 is 19.2. The standard InChI is InChI=1S/C23H19ClFNO4S/c1-3-4-18(30-19-11-16(25)10-5-13(19)2)21(27)26-22-20(23(28)29)17(12-31-22)14-6-8-15(24)9-7-14/h4-12H,3H2,1-2H3,(H,26,27)(H,28,29). The third-order valence-corrected chi connectivity index (χ3v) is 5.52. The lowest BCUT2D eigenvalue weighted by molar-refractivity contribution is -0.114. The number of aryl methyl sites for hydroxylation is 1. The van der Waals surface area contributed by atoms with Crippen LogP contribution in [0.5, 0.6) is 5.75 Å². The van der Waals surface area contributed by atoms with Gasteiger partial charge in [0, 0.05) is 22.0 Å². The molecule has 1 aromatic heterocycles. The Morgan fingerprint density at radius 1 is 1.23 bits per heavy atom. The predicted molar refractivity (Wildman–Crippen MR) is 120 cm³/mol. The Hall–Kier alpha value is -3.16. The highest BCUT2D eigenvalue weighted by molar-refractivity contribution is 7.15. The molecule has 0 spiro atoms. The topological polar surface area (TPSA) is 75.6 Å². The van der Waals surface area contributed by atoms with E-state index in [4.69, 9.17) is 16.3 Å². The minimum absolute atomic E-state index is 0.0292. The molecule has 0 bridgehead atoms. The fourth-order valence-corrected chi connectivity index (χ4v) is 3.92. The molecular formula is C23H19ClFNO4S. The Kier molecular flexibility index (Phi) is 7.09. The molecule has 160 valence electrons. The summed E-state index contributed by atoms with van der Waals surface area (Å²) in [5, 5.41) is 14.7. The van der Waals surface area contributed by atoms with Crippen molar-refractivity contribution in [3.63, 3.8) is 0 Å². The lowest BCUT2D eigenvalue weighted by Gasteiger charge is -2.13. The maximum Gasteiger partial charge on any atom is 0.339 e. The molecule has 31 heavy (non-hydrogen) atoms. The van der Waals surface area contributed by atoms with Crippen LogP contribution in [0.3, 0.4) is 0 Å². The number of amides is 1. The number of nitrogens with one attached hydrogen (secondary N) is 1. The zero-order valence-corrected chi connectivity index (χ0v) is 18.3. The third-order valence-electron chi connectivity index (χ3n) is 4.37. The Morgan fingerprint density at radius 3 is 2.58 bits per heavy atom. The van der Waals surface area contributed by atoms with E-state index < -0.39 is 17.7 Å². The molecule has 0 radical (unpaired) electrons. The van der Waals surface area contributed by atoms with Gasteiger partial charge in [0.05, 0.1) is 0 Å². The molecule has 8 heteroatoms. The molecule has 0 unspecified atom stereocenters. The largest absolute Gasteiger partial charge is 0.478 e. The lowest BCUT2D eigenvalue weighted by Crippen LogP contribution is -2.19. The van der Waals surface area contributed by atoms with Crippen LogP contribution in [-0.4, -0.2) is 17.0 Å². The average molecular weight is 460 g/mol. The monoisotopic (exact) mass is 459 g/mol. The van der Waals surface area contributed by atoms with Crippen LogP contribution in [0.1, 0.15) is 29.3 Å². The van der Waals surface area contributed by atoms with Gasteiger partial charge in [0.25, 0.3) is 5.91 Å². The van der Waals surface area contributed by atoms with E-state index in [0.717, 1.165) is 11.3 Å². The van der Waals surface area contributed by atoms with Crippen LogP contribution in [0, 0.1) is 12.7 Å². The molecule has 5 nitrogen and oxygen atoms in total. The number of thiophene rings is 1. The zero-order chi connectivity index (χ0) is 22.5. The van der Waals surface area contributed by atoms with Gasteiger partial charge in [-0.05, 0) is 48.7 Å². The summed E-state index contributed by atoms with van der Waals surface area (Å²) in [7, 11) is 0. The van der Waals surface area contributed by atoms with Crippen molar-refractivity contribution in [3.8, 4) is 16.9 Å². The number of carboxylic acid groups (broad SMARTS) is 1. The molecule has 0 aliphatic carbocycles. The molecule has 1 amide bonds. The molecular weight excluding hydrogens is 441 g/mol. The maximum atomic E-state index is 13.6. The Labute approximate surface area is 187 Å². The molecule has 0 fully saturated rings. The molecule has 1 heterocycles. The normalized spacial score (nSPS) is 11.3. The van der Waals surface area contributed by atoms with Gasteiger partial charge in [0.1, 0.15) is 22.1 Å². The highest BCUT2D eigenvalue weighted by Gasteiger charge is 2.23. The number of aromatic carboxylic acids is 1. The van der Waals surface area contributed by atoms with E-state index in [1.807, 2.05) is 6.92 Å². The molecule has 2 aromatic carbocycles. The second kappa shape index (κ2) is 9.76. The number of halogens is 2. The molecule has 3 rings (SSSR count). The van der Waals surface area contributed by atoms with Gasteiger partial charge >= 0.3 is 5.97 Å². The summed E-state index contributed by atoms with van der Waals surface area (Å²) in [6.07, 6.45) is 2.04. The highest BCUT2D eigenvalue weighted by Crippen LogP contribution is 2.36. The minimum Gasteiger partial charge on any atom is -0.478 e. The third kappa shape index (κ3) is 5.31. The van der Waals surface area contributed by atoms with E-state index in [1.165, 1.54) is 12.1 Å².